The average Bonchev–Trinajstić information content (AvgIpc) is 2.39. The summed E-state index contributed by atoms with van der Waals surface area (Å²) < 4.78 is 0. The van der Waals surface area contributed by atoms with Crippen molar-refractivity contribution in [1.82, 2.24) is 4.98 Å². The Morgan fingerprint density at radius 2 is 1.35 bits per heavy atom. The molecular formula is C15H12CsN. The van der Waals surface area contributed by atoms with Crippen LogP contribution in [0.1, 0.15) is 0 Å². The van der Waals surface area contributed by atoms with Gasteiger partial charge in [0.1, 0.15) is 0 Å². The van der Waals surface area contributed by atoms with Crippen LogP contribution in [0.5, 0.6) is 0 Å². The van der Waals surface area contributed by atoms with Crippen molar-refractivity contribution >= 4 is 79.8 Å². The van der Waals surface area contributed by atoms with E-state index in [4.69, 9.17) is 0 Å². The number of para-hydroxylation sites is 1. The van der Waals surface area contributed by atoms with Crippen molar-refractivity contribution < 1.29 is 0 Å². The summed E-state index contributed by atoms with van der Waals surface area (Å²) in [6.45, 7) is 0. The molecule has 3 rings (SSSR count). The molecule has 2 heteroatoms. The molecular weight excluding hydrogens is 327 g/mol. The number of fused-ring (bicyclic) bond motifs is 1. The summed E-state index contributed by atoms with van der Waals surface area (Å²) in [4.78, 5) is 4.65. The molecule has 0 saturated carbocycles. The van der Waals surface area contributed by atoms with Gasteiger partial charge in [-0.3, -0.25) is 0 Å². The largest absolute Gasteiger partial charge is 0.248 e. The fraction of sp³-hybridized carbons (Fsp3) is 0. The van der Waals surface area contributed by atoms with Gasteiger partial charge in [0, 0.05) is 10.9 Å². The molecule has 0 atom stereocenters. The quantitative estimate of drug-likeness (QED) is 0.663. The maximum Gasteiger partial charge on any atom is 0.0709 e. The minimum Gasteiger partial charge on any atom is -0.248 e. The molecule has 17 heavy (non-hydrogen) atoms. The molecule has 0 N–H and O–H groups in total. The number of hydrogen-bond donors (Lipinski definition) is 0. The number of nitrogens with zero attached hydrogens (tertiary/aromatic N) is 1. The van der Waals surface area contributed by atoms with E-state index < -0.39 is 0 Å². The van der Waals surface area contributed by atoms with Crippen LogP contribution in [0.25, 0.3) is 22.2 Å². The van der Waals surface area contributed by atoms with Crippen LogP contribution in [0.4, 0.5) is 0 Å². The normalized spacial score (nSPS) is 9.88. The van der Waals surface area contributed by atoms with Crippen LogP contribution in [0.3, 0.4) is 0 Å². The predicted molar refractivity (Wildman–Crippen MR) is 74.3 cm³/mol. The molecule has 1 nitrogen and oxygen atoms in total. The number of rotatable bonds is 1. The monoisotopic (exact) mass is 339 g/mol. The van der Waals surface area contributed by atoms with E-state index in [0.717, 1.165) is 16.8 Å². The summed E-state index contributed by atoms with van der Waals surface area (Å²) in [6.07, 6.45) is 0. The summed E-state index contributed by atoms with van der Waals surface area (Å²) in [7, 11) is 0. The molecule has 0 saturated heterocycles. The van der Waals surface area contributed by atoms with Gasteiger partial charge in [-0.1, -0.05) is 54.6 Å². The summed E-state index contributed by atoms with van der Waals surface area (Å²) in [6, 6.07) is 22.6. The maximum atomic E-state index is 4.65. The zero-order valence-corrected chi connectivity index (χ0v) is 8.80. The Hall–Kier alpha value is -0.0981. The molecule has 1 heterocycles. The minimum atomic E-state index is 0. The van der Waals surface area contributed by atoms with Gasteiger partial charge in [-0.25, -0.2) is 4.98 Å². The first-order valence-electron chi connectivity index (χ1n) is 5.35. The molecule has 2 aromatic carbocycles. The van der Waals surface area contributed by atoms with Crippen LogP contribution < -0.4 is 0 Å². The van der Waals surface area contributed by atoms with Crippen molar-refractivity contribution in [2.45, 2.75) is 0 Å². The van der Waals surface area contributed by atoms with Gasteiger partial charge in [-0.15, -0.1) is 0 Å². The van der Waals surface area contributed by atoms with E-state index in [0.29, 0.717) is 0 Å². The van der Waals surface area contributed by atoms with Crippen LogP contribution in [0.2, 0.25) is 0 Å². The van der Waals surface area contributed by atoms with E-state index in [1.165, 1.54) is 5.39 Å². The molecule has 0 spiro atoms. The van der Waals surface area contributed by atoms with E-state index in [1.807, 2.05) is 36.4 Å². The second-order valence-electron chi connectivity index (χ2n) is 3.76. The van der Waals surface area contributed by atoms with Gasteiger partial charge >= 0.3 is 68.9 Å². The number of hydrogen-bond acceptors (Lipinski definition) is 1. The van der Waals surface area contributed by atoms with E-state index in [9.17, 15) is 0 Å². The van der Waals surface area contributed by atoms with Crippen molar-refractivity contribution in [2.75, 3.05) is 0 Å². The van der Waals surface area contributed by atoms with Crippen molar-refractivity contribution in [3.63, 3.8) is 0 Å². The smallest absolute Gasteiger partial charge is 0.0709 e. The fourth-order valence-corrected chi connectivity index (χ4v) is 1.84. The van der Waals surface area contributed by atoms with Crippen LogP contribution in [-0.2, 0) is 0 Å². The average molecular weight is 339 g/mol. The van der Waals surface area contributed by atoms with Crippen molar-refractivity contribution in [2.24, 2.45) is 0 Å². The van der Waals surface area contributed by atoms with Gasteiger partial charge in [0.05, 0.1) is 11.2 Å². The molecule has 0 fully saturated rings. The van der Waals surface area contributed by atoms with Crippen molar-refractivity contribution in [3.05, 3.63) is 66.7 Å². The third kappa shape index (κ3) is 3.02. The van der Waals surface area contributed by atoms with Gasteiger partial charge < -0.3 is 0 Å². The first-order chi connectivity index (χ1) is 7.93. The molecule has 1 aromatic heterocycles. The van der Waals surface area contributed by atoms with E-state index in [-0.39, 0.29) is 68.9 Å². The second-order valence-corrected chi connectivity index (χ2v) is 3.76. The van der Waals surface area contributed by atoms with Crippen LogP contribution in [0, 0.1) is 0 Å². The molecule has 0 aliphatic heterocycles. The number of benzene rings is 2. The summed E-state index contributed by atoms with van der Waals surface area (Å²) in [5, 5.41) is 1.18. The molecule has 0 radical (unpaired) electrons. The first-order valence-corrected chi connectivity index (χ1v) is 5.35. The number of aromatic nitrogens is 1. The zero-order chi connectivity index (χ0) is 10.8. The number of pyridine rings is 1. The van der Waals surface area contributed by atoms with E-state index in [1.54, 1.807) is 0 Å². The summed E-state index contributed by atoms with van der Waals surface area (Å²) in [5.41, 5.74) is 3.23. The van der Waals surface area contributed by atoms with Crippen molar-refractivity contribution in [1.29, 1.82) is 0 Å². The van der Waals surface area contributed by atoms with Crippen LogP contribution >= 0.6 is 0 Å². The van der Waals surface area contributed by atoms with Crippen LogP contribution in [-0.4, -0.2) is 73.9 Å². The third-order valence-corrected chi connectivity index (χ3v) is 2.67. The van der Waals surface area contributed by atoms with E-state index >= 15 is 0 Å². The Kier molecular flexibility index (Phi) is 4.85. The first kappa shape index (κ1) is 13.3. The molecule has 0 bridgehead atoms. The summed E-state index contributed by atoms with van der Waals surface area (Å²) in [5.74, 6) is 0. The molecule has 0 aliphatic carbocycles. The predicted octanol–water partition coefficient (Wildman–Crippen LogP) is 3.25. The summed E-state index contributed by atoms with van der Waals surface area (Å²) >= 11 is 0. The standard InChI is InChI=1S/C15H11N.Cs.H/c1-2-6-12(7-3-1)15-11-10-13-8-4-5-9-14(13)16-15;;/h1-11H;;. The molecule has 0 unspecified atom stereocenters. The topological polar surface area (TPSA) is 12.9 Å². The van der Waals surface area contributed by atoms with Gasteiger partial charge in [-0.05, 0) is 12.1 Å². The van der Waals surface area contributed by atoms with Gasteiger partial charge in [0.25, 0.3) is 0 Å². The van der Waals surface area contributed by atoms with E-state index in [2.05, 4.69) is 35.3 Å². The Morgan fingerprint density at radius 3 is 2.18 bits per heavy atom. The Bertz CT molecular complexity index is 620. The fourth-order valence-electron chi connectivity index (χ4n) is 1.84. The van der Waals surface area contributed by atoms with Crippen LogP contribution in [0.15, 0.2) is 66.7 Å². The van der Waals surface area contributed by atoms with Crippen molar-refractivity contribution in [3.8, 4) is 11.3 Å². The molecule has 0 aliphatic rings. The Labute approximate surface area is 160 Å². The maximum absolute atomic E-state index is 4.65. The SMILES string of the molecule is [CsH].c1ccc(-c2ccc3ccccc3n2)cc1. The van der Waals surface area contributed by atoms with Gasteiger partial charge in [-0.2, -0.15) is 0 Å². The third-order valence-electron chi connectivity index (χ3n) is 2.67. The molecule has 0 amide bonds. The minimum absolute atomic E-state index is 0. The van der Waals surface area contributed by atoms with Gasteiger partial charge in [0.15, 0.2) is 0 Å². The Balaban J connectivity index is 0.00000108. The molecule has 3 aromatic rings. The Morgan fingerprint density at radius 1 is 0.647 bits per heavy atom. The zero-order valence-electron chi connectivity index (χ0n) is 8.80. The molecule has 78 valence electrons. The second kappa shape index (κ2) is 6.18. The van der Waals surface area contributed by atoms with Gasteiger partial charge in [0.2, 0.25) is 0 Å².